The Kier molecular flexibility index (Phi) is 3.64. The van der Waals surface area contributed by atoms with E-state index in [1.54, 1.807) is 12.1 Å². The van der Waals surface area contributed by atoms with Crippen molar-refractivity contribution in [2.45, 2.75) is 18.1 Å². The molecule has 1 fully saturated rings. The monoisotopic (exact) mass is 298 g/mol. The number of hydrogen-bond acceptors (Lipinski definition) is 4. The number of methoxy groups -OCH3 is 1. The van der Waals surface area contributed by atoms with Gasteiger partial charge in [0.1, 0.15) is 5.41 Å². The summed E-state index contributed by atoms with van der Waals surface area (Å²) in [6.07, 6.45) is 1.08. The molecular formula is C14H18O5S. The van der Waals surface area contributed by atoms with E-state index in [1.807, 2.05) is 19.1 Å². The van der Waals surface area contributed by atoms with Crippen molar-refractivity contribution < 1.29 is 23.1 Å². The van der Waals surface area contributed by atoms with E-state index >= 15 is 0 Å². The number of rotatable bonds is 5. The van der Waals surface area contributed by atoms with Crippen molar-refractivity contribution in [3.63, 3.8) is 0 Å². The second-order valence-electron chi connectivity index (χ2n) is 5.42. The number of aliphatic carboxylic acids is 1. The third kappa shape index (κ3) is 2.23. The zero-order chi connectivity index (χ0) is 15.1. The van der Waals surface area contributed by atoms with Crippen LogP contribution >= 0.6 is 0 Å². The van der Waals surface area contributed by atoms with E-state index in [0.29, 0.717) is 0 Å². The smallest absolute Gasteiger partial charge is 0.314 e. The summed E-state index contributed by atoms with van der Waals surface area (Å²) in [6.45, 7) is 1.81. The highest BCUT2D eigenvalue weighted by Crippen LogP contribution is 2.63. The van der Waals surface area contributed by atoms with Crippen molar-refractivity contribution in [2.24, 2.45) is 5.41 Å². The molecule has 2 rings (SSSR count). The minimum atomic E-state index is -3.47. The van der Waals surface area contributed by atoms with Crippen molar-refractivity contribution in [1.82, 2.24) is 0 Å². The van der Waals surface area contributed by atoms with Crippen LogP contribution in [0.2, 0.25) is 0 Å². The van der Waals surface area contributed by atoms with Gasteiger partial charge >= 0.3 is 5.97 Å². The second kappa shape index (κ2) is 4.86. The highest BCUT2D eigenvalue weighted by molar-refractivity contribution is 7.91. The molecule has 0 amide bonds. The minimum Gasteiger partial charge on any atom is -0.481 e. The van der Waals surface area contributed by atoms with Crippen molar-refractivity contribution in [1.29, 1.82) is 0 Å². The van der Waals surface area contributed by atoms with Crippen LogP contribution in [-0.4, -0.2) is 44.7 Å². The molecule has 1 aromatic carbocycles. The molecule has 0 unspecified atom stereocenters. The number of carbonyl (C=O) groups is 1. The lowest BCUT2D eigenvalue weighted by Gasteiger charge is -2.11. The predicted molar refractivity (Wildman–Crippen MR) is 74.5 cm³/mol. The molecule has 0 aliphatic heterocycles. The largest absolute Gasteiger partial charge is 0.481 e. The number of carboxylic acid groups (broad SMARTS) is 1. The Hall–Kier alpha value is -1.40. The fraction of sp³-hybridized carbons (Fsp3) is 0.500. The van der Waals surface area contributed by atoms with Crippen LogP contribution in [0.5, 0.6) is 0 Å². The lowest BCUT2D eigenvalue weighted by atomic mass is 9.99. The minimum absolute atomic E-state index is 0.112. The summed E-state index contributed by atoms with van der Waals surface area (Å²) in [5.41, 5.74) is 0.390. The third-order valence-corrected chi connectivity index (χ3v) is 5.55. The molecule has 110 valence electrons. The summed E-state index contributed by atoms with van der Waals surface area (Å²) < 4.78 is 28.8. The van der Waals surface area contributed by atoms with Gasteiger partial charge in [-0.25, -0.2) is 8.42 Å². The maximum atomic E-state index is 11.9. The summed E-state index contributed by atoms with van der Waals surface area (Å²) in [5.74, 6) is -1.68. The molecule has 1 N–H and O–H groups in total. The third-order valence-electron chi connectivity index (χ3n) is 3.94. The molecule has 20 heavy (non-hydrogen) atoms. The number of aryl methyl sites for hydroxylation is 1. The Morgan fingerprint density at radius 3 is 2.30 bits per heavy atom. The number of carboxylic acids is 1. The lowest BCUT2D eigenvalue weighted by molar-refractivity contribution is -0.145. The quantitative estimate of drug-likeness (QED) is 0.884. The van der Waals surface area contributed by atoms with Crippen molar-refractivity contribution in [2.75, 3.05) is 20.0 Å². The molecule has 0 heterocycles. The van der Waals surface area contributed by atoms with Gasteiger partial charge in [-0.1, -0.05) is 29.8 Å². The molecule has 0 radical (unpaired) electrons. The van der Waals surface area contributed by atoms with Gasteiger partial charge in [-0.2, -0.15) is 0 Å². The van der Waals surface area contributed by atoms with Gasteiger partial charge in [0, 0.05) is 19.3 Å². The fourth-order valence-electron chi connectivity index (χ4n) is 3.01. The SMILES string of the molecule is COC[C@]1(C(=O)O)[C@H](c2ccc(C)cc2)[C@@H]1S(C)(=O)=O. The summed E-state index contributed by atoms with van der Waals surface area (Å²) in [4.78, 5) is 11.6. The van der Waals surface area contributed by atoms with E-state index in [9.17, 15) is 18.3 Å². The summed E-state index contributed by atoms with van der Waals surface area (Å²) in [7, 11) is -2.09. The Bertz CT molecular complexity index is 619. The van der Waals surface area contributed by atoms with Gasteiger partial charge < -0.3 is 9.84 Å². The van der Waals surface area contributed by atoms with Gasteiger partial charge in [-0.3, -0.25) is 4.79 Å². The number of benzene rings is 1. The average molecular weight is 298 g/mol. The maximum absolute atomic E-state index is 11.9. The number of ether oxygens (including phenoxy) is 1. The number of hydrogen-bond donors (Lipinski definition) is 1. The van der Waals surface area contributed by atoms with Crippen molar-refractivity contribution in [3.8, 4) is 0 Å². The molecule has 0 saturated heterocycles. The first-order chi connectivity index (χ1) is 9.25. The van der Waals surface area contributed by atoms with Gasteiger partial charge in [0.15, 0.2) is 9.84 Å². The molecular weight excluding hydrogens is 280 g/mol. The van der Waals surface area contributed by atoms with Crippen LogP contribution in [0.25, 0.3) is 0 Å². The highest BCUT2D eigenvalue weighted by Gasteiger charge is 2.74. The Morgan fingerprint density at radius 1 is 1.35 bits per heavy atom. The second-order valence-corrected chi connectivity index (χ2v) is 7.58. The molecule has 1 aromatic rings. The predicted octanol–water partition coefficient (Wildman–Crippen LogP) is 1.22. The molecule has 1 aliphatic carbocycles. The lowest BCUT2D eigenvalue weighted by Crippen LogP contribution is -2.28. The molecule has 0 spiro atoms. The Labute approximate surface area is 118 Å². The van der Waals surface area contributed by atoms with Crippen LogP contribution in [0.3, 0.4) is 0 Å². The van der Waals surface area contributed by atoms with Gasteiger partial charge in [-0.15, -0.1) is 0 Å². The van der Waals surface area contributed by atoms with Crippen LogP contribution in [0.1, 0.15) is 17.0 Å². The Morgan fingerprint density at radius 2 is 1.90 bits per heavy atom. The molecule has 1 aliphatic rings. The normalized spacial score (nSPS) is 29.1. The first-order valence-electron chi connectivity index (χ1n) is 6.23. The Balaban J connectivity index is 2.49. The van der Waals surface area contributed by atoms with Crippen LogP contribution in [0.15, 0.2) is 24.3 Å². The van der Waals surface area contributed by atoms with Gasteiger partial charge in [0.05, 0.1) is 11.9 Å². The molecule has 6 heteroatoms. The topological polar surface area (TPSA) is 80.7 Å². The van der Waals surface area contributed by atoms with E-state index in [2.05, 4.69) is 0 Å². The van der Waals surface area contributed by atoms with Crippen molar-refractivity contribution in [3.05, 3.63) is 35.4 Å². The summed E-state index contributed by atoms with van der Waals surface area (Å²) >= 11 is 0. The molecule has 0 aromatic heterocycles. The van der Waals surface area contributed by atoms with Crippen LogP contribution in [0, 0.1) is 12.3 Å². The average Bonchev–Trinajstić information content (AvgIpc) is 3.01. The first-order valence-corrected chi connectivity index (χ1v) is 8.18. The van der Waals surface area contributed by atoms with E-state index in [1.165, 1.54) is 7.11 Å². The molecule has 5 nitrogen and oxygen atoms in total. The van der Waals surface area contributed by atoms with Crippen LogP contribution in [0.4, 0.5) is 0 Å². The molecule has 3 atom stereocenters. The van der Waals surface area contributed by atoms with E-state index in [0.717, 1.165) is 17.4 Å². The van der Waals surface area contributed by atoms with Gasteiger partial charge in [-0.05, 0) is 12.5 Å². The van der Waals surface area contributed by atoms with Crippen LogP contribution < -0.4 is 0 Å². The van der Waals surface area contributed by atoms with E-state index in [-0.39, 0.29) is 6.61 Å². The van der Waals surface area contributed by atoms with E-state index in [4.69, 9.17) is 4.74 Å². The number of sulfone groups is 1. The summed E-state index contributed by atoms with van der Waals surface area (Å²) in [6, 6.07) is 7.29. The molecule has 0 bridgehead atoms. The highest BCUT2D eigenvalue weighted by atomic mass is 32.2. The van der Waals surface area contributed by atoms with Gasteiger partial charge in [0.25, 0.3) is 0 Å². The maximum Gasteiger partial charge on any atom is 0.314 e. The zero-order valence-electron chi connectivity index (χ0n) is 11.7. The summed E-state index contributed by atoms with van der Waals surface area (Å²) in [5, 5.41) is 8.58. The van der Waals surface area contributed by atoms with Crippen molar-refractivity contribution >= 4 is 15.8 Å². The first kappa shape index (κ1) is 15.0. The fourth-order valence-corrected chi connectivity index (χ4v) is 4.90. The van der Waals surface area contributed by atoms with Crippen LogP contribution in [-0.2, 0) is 19.4 Å². The standard InChI is InChI=1S/C14H18O5S/c1-9-4-6-10(7-5-9)11-12(20(3,17)18)14(11,8-19-2)13(15)16/h4-7,11-12H,8H2,1-3H3,(H,15,16)/t11-,12+,14+/m1/s1. The zero-order valence-corrected chi connectivity index (χ0v) is 12.5. The van der Waals surface area contributed by atoms with E-state index < -0.39 is 32.4 Å². The van der Waals surface area contributed by atoms with Gasteiger partial charge in [0.2, 0.25) is 0 Å². The molecule has 1 saturated carbocycles.